The van der Waals surface area contributed by atoms with Gasteiger partial charge in [0, 0.05) is 0 Å². The summed E-state index contributed by atoms with van der Waals surface area (Å²) in [5.41, 5.74) is 5.31. The molecule has 0 aliphatic carbocycles. The molecule has 0 aromatic heterocycles. The number of alkyl halides is 1. The summed E-state index contributed by atoms with van der Waals surface area (Å²) < 4.78 is 12.0. The van der Waals surface area contributed by atoms with E-state index in [1.165, 1.54) is 0 Å². The molecule has 0 aromatic carbocycles. The van der Waals surface area contributed by atoms with Crippen LogP contribution in [0.2, 0.25) is 0 Å². The van der Waals surface area contributed by atoms with Crippen molar-refractivity contribution in [3.8, 4) is 0 Å². The Bertz CT molecular complexity index is 128. The average Bonchev–Trinajstić information content (AvgIpc) is 2.05. The highest BCUT2D eigenvalue weighted by atomic mass is 19.1. The molecule has 2 nitrogen and oxygen atoms in total. The van der Waals surface area contributed by atoms with Crippen molar-refractivity contribution in [3.05, 3.63) is 0 Å². The molecular weight excluding hydrogens is 155 g/mol. The molecule has 0 rings (SSSR count). The maximum absolute atomic E-state index is 12.0. The first-order valence-electron chi connectivity index (χ1n) is 4.62. The summed E-state index contributed by atoms with van der Waals surface area (Å²) in [6.07, 6.45) is 4.17. The summed E-state index contributed by atoms with van der Waals surface area (Å²) in [6.45, 7) is 3.58. The van der Waals surface area contributed by atoms with Crippen molar-refractivity contribution in [1.29, 1.82) is 0 Å². The zero-order chi connectivity index (χ0) is 9.40. The number of rotatable bonds is 6. The van der Waals surface area contributed by atoms with Crippen LogP contribution in [0.3, 0.4) is 0 Å². The van der Waals surface area contributed by atoms with Crippen LogP contribution >= 0.6 is 0 Å². The van der Waals surface area contributed by atoms with Crippen molar-refractivity contribution in [2.75, 3.05) is 6.67 Å². The molecule has 0 spiro atoms. The normalized spacial score (nSPS) is 12.5. The Morgan fingerprint density at radius 1 is 1.33 bits per heavy atom. The zero-order valence-corrected chi connectivity index (χ0v) is 8.02. The lowest BCUT2D eigenvalue weighted by Crippen LogP contribution is -2.18. The van der Waals surface area contributed by atoms with Gasteiger partial charge in [-0.3, -0.25) is 4.99 Å². The van der Waals surface area contributed by atoms with Crippen LogP contribution in [0, 0.1) is 0 Å². The van der Waals surface area contributed by atoms with Gasteiger partial charge >= 0.3 is 0 Å². The molecule has 0 bridgehead atoms. The summed E-state index contributed by atoms with van der Waals surface area (Å²) in [5.74, 6) is 0.141. The molecule has 0 saturated heterocycles. The van der Waals surface area contributed by atoms with Gasteiger partial charge in [-0.2, -0.15) is 0 Å². The summed E-state index contributed by atoms with van der Waals surface area (Å²) in [6, 6.07) is 0.232. The van der Waals surface area contributed by atoms with Gasteiger partial charge in [0.1, 0.15) is 12.5 Å². The molecule has 0 amide bonds. The van der Waals surface area contributed by atoms with Crippen molar-refractivity contribution in [2.24, 2.45) is 10.7 Å². The number of nitrogens with two attached hydrogens (primary N) is 1. The second-order valence-corrected chi connectivity index (χ2v) is 2.99. The van der Waals surface area contributed by atoms with Gasteiger partial charge < -0.3 is 5.73 Å². The topological polar surface area (TPSA) is 38.4 Å². The molecule has 12 heavy (non-hydrogen) atoms. The Morgan fingerprint density at radius 2 is 1.83 bits per heavy atom. The van der Waals surface area contributed by atoms with Crippen molar-refractivity contribution in [2.45, 2.75) is 45.6 Å². The van der Waals surface area contributed by atoms with Crippen molar-refractivity contribution < 1.29 is 4.39 Å². The molecule has 0 aliphatic rings. The molecule has 0 heterocycles. The number of hydrogen-bond donors (Lipinski definition) is 1. The summed E-state index contributed by atoms with van der Waals surface area (Å²) in [4.78, 5) is 4.09. The van der Waals surface area contributed by atoms with Gasteiger partial charge in [-0.05, 0) is 12.8 Å². The fourth-order valence-electron chi connectivity index (χ4n) is 1.21. The average molecular weight is 174 g/mol. The Balaban J connectivity index is 3.92. The Labute approximate surface area is 74.1 Å². The summed E-state index contributed by atoms with van der Waals surface area (Å²) in [7, 11) is 0. The molecule has 0 saturated carbocycles. The minimum absolute atomic E-state index is 0.141. The van der Waals surface area contributed by atoms with Gasteiger partial charge in [-0.15, -0.1) is 0 Å². The van der Waals surface area contributed by atoms with E-state index < -0.39 is 6.67 Å². The molecule has 0 unspecified atom stereocenters. The van der Waals surface area contributed by atoms with Crippen LogP contribution in [-0.4, -0.2) is 18.6 Å². The van der Waals surface area contributed by atoms with Crippen LogP contribution in [0.15, 0.2) is 4.99 Å². The summed E-state index contributed by atoms with van der Waals surface area (Å²) >= 11 is 0. The first-order valence-corrected chi connectivity index (χ1v) is 4.62. The Kier molecular flexibility index (Phi) is 6.72. The smallest absolute Gasteiger partial charge is 0.146 e. The number of halogens is 1. The molecule has 3 heteroatoms. The van der Waals surface area contributed by atoms with E-state index in [0.717, 1.165) is 25.7 Å². The van der Waals surface area contributed by atoms with Crippen molar-refractivity contribution in [1.82, 2.24) is 0 Å². The maximum Gasteiger partial charge on any atom is 0.146 e. The second kappa shape index (κ2) is 7.07. The first-order chi connectivity index (χ1) is 5.74. The largest absolute Gasteiger partial charge is 0.385 e. The van der Waals surface area contributed by atoms with E-state index in [0.29, 0.717) is 0 Å². The predicted octanol–water partition coefficient (Wildman–Crippen LogP) is 2.28. The van der Waals surface area contributed by atoms with Crippen LogP contribution < -0.4 is 5.73 Å². The van der Waals surface area contributed by atoms with Gasteiger partial charge in [0.05, 0.1) is 6.04 Å². The third-order valence-corrected chi connectivity index (χ3v) is 1.73. The van der Waals surface area contributed by atoms with Crippen molar-refractivity contribution >= 4 is 5.84 Å². The zero-order valence-electron chi connectivity index (χ0n) is 8.02. The van der Waals surface area contributed by atoms with E-state index in [1.807, 2.05) is 0 Å². The number of aliphatic imine (C=N–C) groups is 1. The minimum Gasteiger partial charge on any atom is -0.385 e. The van der Waals surface area contributed by atoms with E-state index >= 15 is 0 Å². The van der Waals surface area contributed by atoms with E-state index in [-0.39, 0.29) is 11.9 Å². The monoisotopic (exact) mass is 174 g/mol. The predicted molar refractivity (Wildman–Crippen MR) is 51.2 cm³/mol. The molecule has 72 valence electrons. The summed E-state index contributed by atoms with van der Waals surface area (Å²) in [5, 5.41) is 0. The van der Waals surface area contributed by atoms with Crippen LogP contribution in [0.25, 0.3) is 0 Å². The molecule has 0 radical (unpaired) electrons. The van der Waals surface area contributed by atoms with Gasteiger partial charge in [0.25, 0.3) is 0 Å². The fourth-order valence-corrected chi connectivity index (χ4v) is 1.21. The maximum atomic E-state index is 12.0. The minimum atomic E-state index is -0.621. The van der Waals surface area contributed by atoms with Crippen LogP contribution in [-0.2, 0) is 0 Å². The van der Waals surface area contributed by atoms with Crippen molar-refractivity contribution in [3.63, 3.8) is 0 Å². The van der Waals surface area contributed by atoms with E-state index in [2.05, 4.69) is 18.8 Å². The Morgan fingerprint density at radius 3 is 2.17 bits per heavy atom. The standard InChI is InChI=1S/C9H19FN2/c1-3-5-8(6-4-2)12-9(11)7-10/h8H,3-7H2,1-2H3,(H2,11,12). The lowest BCUT2D eigenvalue weighted by molar-refractivity contribution is 0.539. The van der Waals surface area contributed by atoms with E-state index in [9.17, 15) is 4.39 Å². The molecule has 0 fully saturated rings. The van der Waals surface area contributed by atoms with Gasteiger partial charge in [-0.25, -0.2) is 4.39 Å². The fraction of sp³-hybridized carbons (Fsp3) is 0.889. The van der Waals surface area contributed by atoms with Gasteiger partial charge in [0.2, 0.25) is 0 Å². The van der Waals surface area contributed by atoms with E-state index in [1.54, 1.807) is 0 Å². The molecule has 2 N–H and O–H groups in total. The lowest BCUT2D eigenvalue weighted by Gasteiger charge is -2.09. The molecule has 0 atom stereocenters. The lowest BCUT2D eigenvalue weighted by atomic mass is 10.1. The second-order valence-electron chi connectivity index (χ2n) is 2.99. The third-order valence-electron chi connectivity index (χ3n) is 1.73. The van der Waals surface area contributed by atoms with Crippen LogP contribution in [0.4, 0.5) is 4.39 Å². The van der Waals surface area contributed by atoms with Gasteiger partial charge in [0.15, 0.2) is 0 Å². The highest BCUT2D eigenvalue weighted by Crippen LogP contribution is 2.08. The first kappa shape index (κ1) is 11.4. The molecular formula is C9H19FN2. The van der Waals surface area contributed by atoms with Crippen LogP contribution in [0.1, 0.15) is 39.5 Å². The Hall–Kier alpha value is -0.600. The quantitative estimate of drug-likeness (QED) is 0.487. The number of hydrogen-bond acceptors (Lipinski definition) is 1. The number of nitrogens with zero attached hydrogens (tertiary/aromatic N) is 1. The SMILES string of the molecule is CCCC(CCC)N=C(N)CF. The van der Waals surface area contributed by atoms with Crippen LogP contribution in [0.5, 0.6) is 0 Å². The number of amidine groups is 1. The highest BCUT2D eigenvalue weighted by molar-refractivity contribution is 5.81. The molecule has 0 aliphatic heterocycles. The highest BCUT2D eigenvalue weighted by Gasteiger charge is 2.04. The molecule has 0 aromatic rings. The van der Waals surface area contributed by atoms with E-state index in [4.69, 9.17) is 5.73 Å². The van der Waals surface area contributed by atoms with Gasteiger partial charge in [-0.1, -0.05) is 26.7 Å². The third kappa shape index (κ3) is 5.10.